The van der Waals surface area contributed by atoms with Crippen molar-refractivity contribution >= 4 is 27.3 Å². The fraction of sp³-hybridized carbons (Fsp3) is 0.750. The summed E-state index contributed by atoms with van der Waals surface area (Å²) >= 11 is 5.08. The van der Waals surface area contributed by atoms with Gasteiger partial charge in [-0.1, -0.05) is 6.92 Å². The lowest BCUT2D eigenvalue weighted by molar-refractivity contribution is -0.0603. The van der Waals surface area contributed by atoms with Gasteiger partial charge in [0.1, 0.15) is 15.1 Å². The van der Waals surface area contributed by atoms with Gasteiger partial charge in [-0.25, -0.2) is 4.98 Å². The SMILES string of the molecule is CC[C@H]1ON[C@@]2(c3nc(Br)cs3)CO[C@@H](C)C[C@@H]12. The van der Waals surface area contributed by atoms with Crippen LogP contribution in [0.5, 0.6) is 0 Å². The molecule has 1 aromatic heterocycles. The van der Waals surface area contributed by atoms with Gasteiger partial charge in [0.2, 0.25) is 0 Å². The molecule has 4 atom stereocenters. The van der Waals surface area contributed by atoms with Crippen LogP contribution in [-0.2, 0) is 15.1 Å². The second-order valence-corrected chi connectivity index (χ2v) is 6.75. The monoisotopic (exact) mass is 332 g/mol. The smallest absolute Gasteiger partial charge is 0.123 e. The molecule has 3 heterocycles. The van der Waals surface area contributed by atoms with Crippen molar-refractivity contribution in [1.82, 2.24) is 10.5 Å². The van der Waals surface area contributed by atoms with Crippen molar-refractivity contribution in [1.29, 1.82) is 0 Å². The molecule has 0 unspecified atom stereocenters. The van der Waals surface area contributed by atoms with Crippen molar-refractivity contribution < 1.29 is 9.57 Å². The Balaban J connectivity index is 1.97. The van der Waals surface area contributed by atoms with Gasteiger partial charge in [-0.3, -0.25) is 4.84 Å². The summed E-state index contributed by atoms with van der Waals surface area (Å²) in [6.45, 7) is 4.93. The maximum absolute atomic E-state index is 5.86. The van der Waals surface area contributed by atoms with Crippen molar-refractivity contribution in [3.63, 3.8) is 0 Å². The number of hydrogen-bond acceptors (Lipinski definition) is 5. The maximum atomic E-state index is 5.86. The van der Waals surface area contributed by atoms with Gasteiger partial charge in [0.15, 0.2) is 0 Å². The molecule has 1 N–H and O–H groups in total. The molecule has 2 fully saturated rings. The number of nitrogens with one attached hydrogen (secondary N) is 1. The number of hydrogen-bond donors (Lipinski definition) is 1. The molecule has 0 radical (unpaired) electrons. The van der Waals surface area contributed by atoms with E-state index in [1.54, 1.807) is 11.3 Å². The second-order valence-electron chi connectivity index (χ2n) is 5.08. The highest BCUT2D eigenvalue weighted by molar-refractivity contribution is 9.10. The lowest BCUT2D eigenvalue weighted by Crippen LogP contribution is -2.51. The average Bonchev–Trinajstić information content (AvgIpc) is 2.93. The molecule has 4 nitrogen and oxygen atoms in total. The van der Waals surface area contributed by atoms with Crippen LogP contribution in [0.3, 0.4) is 0 Å². The third-order valence-corrected chi connectivity index (χ3v) is 5.64. The lowest BCUT2D eigenvalue weighted by atomic mass is 9.77. The summed E-state index contributed by atoms with van der Waals surface area (Å²) in [5, 5.41) is 3.07. The summed E-state index contributed by atoms with van der Waals surface area (Å²) in [6, 6.07) is 0. The zero-order valence-electron chi connectivity index (χ0n) is 10.5. The highest BCUT2D eigenvalue weighted by atomic mass is 79.9. The summed E-state index contributed by atoms with van der Waals surface area (Å²) in [4.78, 5) is 10.4. The van der Waals surface area contributed by atoms with Gasteiger partial charge in [0.25, 0.3) is 0 Å². The Bertz CT molecular complexity index is 441. The van der Waals surface area contributed by atoms with Crippen LogP contribution in [0.2, 0.25) is 0 Å². The first-order valence-corrected chi connectivity index (χ1v) is 7.99. The highest BCUT2D eigenvalue weighted by Crippen LogP contribution is 2.46. The van der Waals surface area contributed by atoms with E-state index in [1.165, 1.54) is 0 Å². The molecule has 3 rings (SSSR count). The number of nitrogens with zero attached hydrogens (tertiary/aromatic N) is 1. The molecule has 0 spiro atoms. The third kappa shape index (κ3) is 1.94. The van der Waals surface area contributed by atoms with Crippen molar-refractivity contribution in [2.75, 3.05) is 6.61 Å². The van der Waals surface area contributed by atoms with Crippen LogP contribution in [0.4, 0.5) is 0 Å². The van der Waals surface area contributed by atoms with Crippen LogP contribution in [-0.4, -0.2) is 23.8 Å². The molecule has 6 heteroatoms. The van der Waals surface area contributed by atoms with Crippen LogP contribution in [0.15, 0.2) is 9.98 Å². The van der Waals surface area contributed by atoms with Crippen molar-refractivity contribution in [3.8, 4) is 0 Å². The summed E-state index contributed by atoms with van der Waals surface area (Å²) in [7, 11) is 0. The van der Waals surface area contributed by atoms with Gasteiger partial charge >= 0.3 is 0 Å². The molecule has 0 aliphatic carbocycles. The number of rotatable bonds is 2. The molecule has 100 valence electrons. The standard InChI is InChI=1S/C12H17BrN2O2S/c1-3-9-8-4-7(2)16-6-12(8,15-17-9)11-14-10(13)5-18-11/h5,7-9,15H,3-4,6H2,1-2H3/t7-,8-,9+,12-/m0/s1. The zero-order valence-corrected chi connectivity index (χ0v) is 12.9. The van der Waals surface area contributed by atoms with Crippen molar-refractivity contribution in [2.24, 2.45) is 5.92 Å². The quantitative estimate of drug-likeness (QED) is 0.904. The molecule has 0 saturated carbocycles. The zero-order chi connectivity index (χ0) is 12.8. The third-order valence-electron chi connectivity index (χ3n) is 3.92. The predicted octanol–water partition coefficient (Wildman–Crippen LogP) is 2.84. The minimum Gasteiger partial charge on any atom is -0.376 e. The molecule has 1 aromatic rings. The van der Waals surface area contributed by atoms with E-state index in [4.69, 9.17) is 9.57 Å². The van der Waals surface area contributed by atoms with Crippen LogP contribution in [0.25, 0.3) is 0 Å². The largest absolute Gasteiger partial charge is 0.376 e. The van der Waals surface area contributed by atoms with Crippen LogP contribution >= 0.6 is 27.3 Å². The minimum absolute atomic E-state index is 0.249. The number of thiazole rings is 1. The first-order valence-electron chi connectivity index (χ1n) is 6.31. The topological polar surface area (TPSA) is 43.4 Å². The van der Waals surface area contributed by atoms with Gasteiger partial charge in [-0.2, -0.15) is 5.48 Å². The Kier molecular flexibility index (Phi) is 3.49. The molecule has 2 saturated heterocycles. The molecule has 18 heavy (non-hydrogen) atoms. The van der Waals surface area contributed by atoms with Gasteiger partial charge in [-0.05, 0) is 35.7 Å². The predicted molar refractivity (Wildman–Crippen MR) is 73.3 cm³/mol. The van der Waals surface area contributed by atoms with E-state index >= 15 is 0 Å². The van der Waals surface area contributed by atoms with Gasteiger partial charge in [-0.15, -0.1) is 11.3 Å². The summed E-state index contributed by atoms with van der Waals surface area (Å²) in [5.41, 5.74) is 2.97. The normalized spacial score (nSPS) is 39.8. The van der Waals surface area contributed by atoms with Gasteiger partial charge < -0.3 is 4.74 Å². The molecule has 0 amide bonds. The van der Waals surface area contributed by atoms with Crippen LogP contribution in [0, 0.1) is 5.92 Å². The Morgan fingerprint density at radius 2 is 2.50 bits per heavy atom. The van der Waals surface area contributed by atoms with Gasteiger partial charge in [0.05, 0.1) is 18.8 Å². The lowest BCUT2D eigenvalue weighted by Gasteiger charge is -2.39. The van der Waals surface area contributed by atoms with Crippen molar-refractivity contribution in [3.05, 3.63) is 15.0 Å². The fourth-order valence-electron chi connectivity index (χ4n) is 2.94. The Hall–Kier alpha value is -0.0100. The molecular weight excluding hydrogens is 316 g/mol. The Morgan fingerprint density at radius 3 is 3.17 bits per heavy atom. The maximum Gasteiger partial charge on any atom is 0.123 e. The number of ether oxygens (including phenoxy) is 1. The van der Waals surface area contributed by atoms with E-state index in [2.05, 4.69) is 40.2 Å². The molecular formula is C12H17BrN2O2S. The van der Waals surface area contributed by atoms with E-state index in [-0.39, 0.29) is 11.6 Å². The van der Waals surface area contributed by atoms with Crippen LogP contribution < -0.4 is 5.48 Å². The minimum atomic E-state index is -0.260. The summed E-state index contributed by atoms with van der Waals surface area (Å²) in [5.74, 6) is 0.435. The van der Waals surface area contributed by atoms with Crippen LogP contribution in [0.1, 0.15) is 31.7 Å². The molecule has 2 aliphatic heterocycles. The molecule has 2 aliphatic rings. The Labute approximate surface area is 119 Å². The summed E-state index contributed by atoms with van der Waals surface area (Å²) < 4.78 is 6.75. The number of aromatic nitrogens is 1. The van der Waals surface area contributed by atoms with Crippen molar-refractivity contribution in [2.45, 2.75) is 44.4 Å². The average molecular weight is 333 g/mol. The highest BCUT2D eigenvalue weighted by Gasteiger charge is 2.55. The van der Waals surface area contributed by atoms with E-state index < -0.39 is 0 Å². The first-order chi connectivity index (χ1) is 8.65. The number of halogens is 1. The van der Waals surface area contributed by atoms with E-state index in [0.717, 1.165) is 22.5 Å². The van der Waals surface area contributed by atoms with E-state index in [1.807, 2.05) is 5.38 Å². The molecule has 0 aromatic carbocycles. The number of fused-ring (bicyclic) bond motifs is 1. The summed E-state index contributed by atoms with van der Waals surface area (Å²) in [6.07, 6.45) is 2.57. The number of hydroxylamine groups is 1. The van der Waals surface area contributed by atoms with E-state index in [0.29, 0.717) is 18.6 Å². The first kappa shape index (κ1) is 13.0. The van der Waals surface area contributed by atoms with Gasteiger partial charge in [0, 0.05) is 11.3 Å². The Morgan fingerprint density at radius 1 is 1.67 bits per heavy atom. The second kappa shape index (κ2) is 4.83. The van der Waals surface area contributed by atoms with E-state index in [9.17, 15) is 0 Å². The molecule has 0 bridgehead atoms. The fourth-order valence-corrected chi connectivity index (χ4v) is 4.39.